The standard InChI is InChI=1S/C12H21N3O4/c1-8(6-9(13)16)14-11(19)15-5-3-4-12(2,7-15)10(17)18/h8H,3-7H2,1-2H3,(H2,13,16)(H,14,19)(H,17,18). The number of primary amides is 1. The van der Waals surface area contributed by atoms with E-state index in [9.17, 15) is 19.5 Å². The number of nitrogens with two attached hydrogens (primary N) is 1. The lowest BCUT2D eigenvalue weighted by Crippen LogP contribution is -2.53. The number of urea groups is 1. The van der Waals surface area contributed by atoms with Crippen molar-refractivity contribution < 1.29 is 19.5 Å². The molecule has 1 heterocycles. The number of piperidine rings is 1. The highest BCUT2D eigenvalue weighted by Crippen LogP contribution is 2.29. The normalized spacial score (nSPS) is 24.6. The lowest BCUT2D eigenvalue weighted by molar-refractivity contribution is -0.150. The van der Waals surface area contributed by atoms with Crippen LogP contribution in [-0.2, 0) is 9.59 Å². The predicted molar refractivity (Wildman–Crippen MR) is 68.4 cm³/mol. The summed E-state index contributed by atoms with van der Waals surface area (Å²) >= 11 is 0. The van der Waals surface area contributed by atoms with Crippen LogP contribution in [0.2, 0.25) is 0 Å². The molecule has 0 saturated carbocycles. The molecule has 0 aliphatic carbocycles. The fourth-order valence-corrected chi connectivity index (χ4v) is 2.24. The van der Waals surface area contributed by atoms with Crippen molar-refractivity contribution in [2.45, 2.75) is 39.2 Å². The molecule has 7 nitrogen and oxygen atoms in total. The van der Waals surface area contributed by atoms with Gasteiger partial charge in [-0.1, -0.05) is 0 Å². The molecule has 0 aromatic rings. The minimum atomic E-state index is -0.900. The van der Waals surface area contributed by atoms with E-state index in [1.807, 2.05) is 0 Å². The van der Waals surface area contributed by atoms with E-state index in [-0.39, 0.29) is 25.0 Å². The van der Waals surface area contributed by atoms with Gasteiger partial charge in [0, 0.05) is 25.6 Å². The van der Waals surface area contributed by atoms with Crippen molar-refractivity contribution in [2.75, 3.05) is 13.1 Å². The van der Waals surface area contributed by atoms with E-state index in [1.165, 1.54) is 4.90 Å². The second kappa shape index (κ2) is 5.90. The molecule has 0 aromatic carbocycles. The largest absolute Gasteiger partial charge is 0.481 e. The lowest BCUT2D eigenvalue weighted by atomic mass is 9.82. The zero-order valence-electron chi connectivity index (χ0n) is 11.3. The van der Waals surface area contributed by atoms with Gasteiger partial charge < -0.3 is 21.1 Å². The van der Waals surface area contributed by atoms with E-state index in [4.69, 9.17) is 5.73 Å². The first-order valence-corrected chi connectivity index (χ1v) is 6.32. The van der Waals surface area contributed by atoms with E-state index in [0.717, 1.165) is 0 Å². The van der Waals surface area contributed by atoms with Crippen molar-refractivity contribution in [3.8, 4) is 0 Å². The Morgan fingerprint density at radius 3 is 2.63 bits per heavy atom. The minimum Gasteiger partial charge on any atom is -0.481 e. The van der Waals surface area contributed by atoms with Crippen LogP contribution in [0.4, 0.5) is 4.79 Å². The van der Waals surface area contributed by atoms with Crippen LogP contribution in [0.1, 0.15) is 33.1 Å². The smallest absolute Gasteiger partial charge is 0.317 e. The molecule has 0 spiro atoms. The Morgan fingerprint density at radius 2 is 2.11 bits per heavy atom. The van der Waals surface area contributed by atoms with Crippen molar-refractivity contribution in [3.63, 3.8) is 0 Å². The third kappa shape index (κ3) is 4.11. The first-order chi connectivity index (χ1) is 8.74. The van der Waals surface area contributed by atoms with Crippen molar-refractivity contribution in [3.05, 3.63) is 0 Å². The van der Waals surface area contributed by atoms with Crippen LogP contribution in [0.15, 0.2) is 0 Å². The summed E-state index contributed by atoms with van der Waals surface area (Å²) in [5, 5.41) is 11.8. The van der Waals surface area contributed by atoms with Gasteiger partial charge in [0.2, 0.25) is 5.91 Å². The molecular formula is C12H21N3O4. The number of carbonyl (C=O) groups excluding carboxylic acids is 2. The highest BCUT2D eigenvalue weighted by molar-refractivity contribution is 5.79. The molecule has 2 unspecified atom stereocenters. The highest BCUT2D eigenvalue weighted by atomic mass is 16.4. The molecule has 108 valence electrons. The molecule has 3 amide bonds. The van der Waals surface area contributed by atoms with E-state index >= 15 is 0 Å². The van der Waals surface area contributed by atoms with Crippen LogP contribution >= 0.6 is 0 Å². The van der Waals surface area contributed by atoms with Gasteiger partial charge in [0.15, 0.2) is 0 Å². The monoisotopic (exact) mass is 271 g/mol. The second-order valence-corrected chi connectivity index (χ2v) is 5.41. The van der Waals surface area contributed by atoms with Crippen LogP contribution in [0, 0.1) is 5.41 Å². The Morgan fingerprint density at radius 1 is 1.47 bits per heavy atom. The predicted octanol–water partition coefficient (Wildman–Crippen LogP) is 0.147. The van der Waals surface area contributed by atoms with E-state index in [0.29, 0.717) is 19.4 Å². The summed E-state index contributed by atoms with van der Waals surface area (Å²) in [4.78, 5) is 35.4. The Kier molecular flexibility index (Phi) is 4.74. The average Bonchev–Trinajstić information content (AvgIpc) is 2.27. The molecule has 7 heteroatoms. The van der Waals surface area contributed by atoms with Crippen molar-refractivity contribution in [1.82, 2.24) is 10.2 Å². The summed E-state index contributed by atoms with van der Waals surface area (Å²) < 4.78 is 0. The van der Waals surface area contributed by atoms with Gasteiger partial charge in [-0.2, -0.15) is 0 Å². The molecule has 2 atom stereocenters. The maximum atomic E-state index is 12.0. The Hall–Kier alpha value is -1.79. The van der Waals surface area contributed by atoms with Gasteiger partial charge in [-0.05, 0) is 26.7 Å². The molecule has 1 aliphatic heterocycles. The van der Waals surface area contributed by atoms with Crippen molar-refractivity contribution in [2.24, 2.45) is 11.1 Å². The van der Waals surface area contributed by atoms with Crippen LogP contribution in [0.3, 0.4) is 0 Å². The number of carboxylic acids is 1. The van der Waals surface area contributed by atoms with Gasteiger partial charge in [0.05, 0.1) is 5.41 Å². The molecule has 1 fully saturated rings. The molecule has 0 bridgehead atoms. The van der Waals surface area contributed by atoms with Crippen LogP contribution in [0.25, 0.3) is 0 Å². The third-order valence-electron chi connectivity index (χ3n) is 3.38. The number of aliphatic carboxylic acids is 1. The van der Waals surface area contributed by atoms with Gasteiger partial charge in [0.1, 0.15) is 0 Å². The first kappa shape index (κ1) is 15.3. The maximum absolute atomic E-state index is 12.0. The number of rotatable bonds is 4. The Bertz CT molecular complexity index is 385. The van der Waals surface area contributed by atoms with Gasteiger partial charge in [-0.15, -0.1) is 0 Å². The zero-order valence-corrected chi connectivity index (χ0v) is 11.3. The zero-order chi connectivity index (χ0) is 14.6. The van der Waals surface area contributed by atoms with Gasteiger partial charge in [0.25, 0.3) is 0 Å². The molecule has 4 N–H and O–H groups in total. The molecular weight excluding hydrogens is 250 g/mol. The fourth-order valence-electron chi connectivity index (χ4n) is 2.24. The highest BCUT2D eigenvalue weighted by Gasteiger charge is 2.39. The van der Waals surface area contributed by atoms with Gasteiger partial charge in [-0.3, -0.25) is 9.59 Å². The quantitative estimate of drug-likeness (QED) is 0.675. The van der Waals surface area contributed by atoms with Crippen LogP contribution in [-0.4, -0.2) is 47.0 Å². The third-order valence-corrected chi connectivity index (χ3v) is 3.38. The maximum Gasteiger partial charge on any atom is 0.317 e. The minimum absolute atomic E-state index is 0.0653. The number of likely N-dealkylation sites (tertiary alicyclic amines) is 1. The Labute approximate surface area is 112 Å². The van der Waals surface area contributed by atoms with E-state index in [2.05, 4.69) is 5.32 Å². The summed E-state index contributed by atoms with van der Waals surface area (Å²) in [6.45, 7) is 4.03. The SMILES string of the molecule is CC(CC(N)=O)NC(=O)N1CCCC(C)(C(=O)O)C1. The topological polar surface area (TPSA) is 113 Å². The molecule has 1 aliphatic rings. The molecule has 0 radical (unpaired) electrons. The number of amides is 3. The van der Waals surface area contributed by atoms with E-state index < -0.39 is 17.3 Å². The van der Waals surface area contributed by atoms with Crippen molar-refractivity contribution >= 4 is 17.9 Å². The number of carboxylic acid groups (broad SMARTS) is 1. The summed E-state index contributed by atoms with van der Waals surface area (Å²) in [5.41, 5.74) is 4.15. The summed E-state index contributed by atoms with van der Waals surface area (Å²) in [5.74, 6) is -1.38. The number of hydrogen-bond acceptors (Lipinski definition) is 3. The van der Waals surface area contributed by atoms with Gasteiger partial charge in [-0.25, -0.2) is 4.79 Å². The second-order valence-electron chi connectivity index (χ2n) is 5.41. The Balaban J connectivity index is 2.57. The number of carbonyl (C=O) groups is 3. The molecule has 0 aromatic heterocycles. The summed E-state index contributed by atoms with van der Waals surface area (Å²) in [6.07, 6.45) is 1.28. The van der Waals surface area contributed by atoms with Crippen molar-refractivity contribution in [1.29, 1.82) is 0 Å². The van der Waals surface area contributed by atoms with E-state index in [1.54, 1.807) is 13.8 Å². The molecule has 1 rings (SSSR count). The molecule has 1 saturated heterocycles. The van der Waals surface area contributed by atoms with Gasteiger partial charge >= 0.3 is 12.0 Å². The summed E-state index contributed by atoms with van der Waals surface area (Å²) in [7, 11) is 0. The number of hydrogen-bond donors (Lipinski definition) is 3. The number of nitrogens with zero attached hydrogens (tertiary/aromatic N) is 1. The fraction of sp³-hybridized carbons (Fsp3) is 0.750. The summed E-state index contributed by atoms with van der Waals surface area (Å²) in [6, 6.07) is -0.705. The van der Waals surface area contributed by atoms with Crippen LogP contribution < -0.4 is 11.1 Å². The lowest BCUT2D eigenvalue weighted by Gasteiger charge is -2.37. The average molecular weight is 271 g/mol. The molecule has 19 heavy (non-hydrogen) atoms. The number of nitrogens with one attached hydrogen (secondary N) is 1. The first-order valence-electron chi connectivity index (χ1n) is 6.32. The van der Waals surface area contributed by atoms with Crippen LogP contribution in [0.5, 0.6) is 0 Å².